The molecule has 5 rings (SSSR count). The van der Waals surface area contributed by atoms with Crippen LogP contribution < -0.4 is 0 Å². The van der Waals surface area contributed by atoms with Crippen LogP contribution in [0.5, 0.6) is 0 Å². The lowest BCUT2D eigenvalue weighted by Crippen LogP contribution is -2.30. The summed E-state index contributed by atoms with van der Waals surface area (Å²) in [5.41, 5.74) is 4.58. The maximum Gasteiger partial charge on any atom is 0.266 e. The molecule has 1 amide bonds. The van der Waals surface area contributed by atoms with Crippen LogP contribution in [0.2, 0.25) is 0 Å². The Morgan fingerprint density at radius 3 is 2.36 bits per heavy atom. The number of thiocarbonyl (C=S) groups is 1. The van der Waals surface area contributed by atoms with Crippen LogP contribution in [-0.2, 0) is 17.8 Å². The molecule has 0 bridgehead atoms. The molecule has 6 heteroatoms. The quantitative estimate of drug-likeness (QED) is 0.199. The zero-order chi connectivity index (χ0) is 22.8. The van der Waals surface area contributed by atoms with E-state index >= 15 is 0 Å². The van der Waals surface area contributed by atoms with Gasteiger partial charge in [-0.15, -0.1) is 0 Å². The van der Waals surface area contributed by atoms with E-state index in [9.17, 15) is 4.79 Å². The zero-order valence-corrected chi connectivity index (χ0v) is 21.0. The van der Waals surface area contributed by atoms with E-state index in [0.29, 0.717) is 15.8 Å². The number of benzene rings is 3. The molecular weight excluding hydrogens is 512 g/mol. The van der Waals surface area contributed by atoms with Crippen molar-refractivity contribution in [3.8, 4) is 0 Å². The second kappa shape index (κ2) is 9.67. The predicted octanol–water partition coefficient (Wildman–Crippen LogP) is 6.90. The van der Waals surface area contributed by atoms with Gasteiger partial charge in [-0.2, -0.15) is 0 Å². The molecule has 4 aromatic rings. The average Bonchev–Trinajstić information content (AvgIpc) is 3.29. The van der Waals surface area contributed by atoms with Gasteiger partial charge in [0, 0.05) is 40.2 Å². The second-order valence-electron chi connectivity index (χ2n) is 7.93. The van der Waals surface area contributed by atoms with Crippen LogP contribution >= 0.6 is 39.9 Å². The number of halogens is 1. The summed E-state index contributed by atoms with van der Waals surface area (Å²) >= 11 is 10.5. The number of nitrogens with zero attached hydrogens (tertiary/aromatic N) is 2. The summed E-state index contributed by atoms with van der Waals surface area (Å²) in [6.07, 6.45) is 4.89. The molecule has 1 aliphatic heterocycles. The summed E-state index contributed by atoms with van der Waals surface area (Å²) in [5.74, 6) is -0.0140. The van der Waals surface area contributed by atoms with Crippen molar-refractivity contribution in [1.82, 2.24) is 9.47 Å². The SMILES string of the molecule is O=C1/C(=C/c2cn(Cc3ccccc3)c3ccc(Br)cc23)SC(=S)N1CCc1ccccc1. The third kappa shape index (κ3) is 4.83. The smallest absolute Gasteiger partial charge is 0.266 e. The van der Waals surface area contributed by atoms with Crippen molar-refractivity contribution < 1.29 is 4.79 Å². The van der Waals surface area contributed by atoms with Crippen molar-refractivity contribution in [3.05, 3.63) is 111 Å². The topological polar surface area (TPSA) is 25.2 Å². The minimum absolute atomic E-state index is 0.0140. The average molecular weight is 534 g/mol. The van der Waals surface area contributed by atoms with E-state index in [2.05, 4.69) is 81.3 Å². The van der Waals surface area contributed by atoms with Crippen molar-refractivity contribution in [3.63, 3.8) is 0 Å². The molecule has 0 aliphatic carbocycles. The molecule has 0 saturated carbocycles. The number of aromatic nitrogens is 1. The molecule has 1 aliphatic rings. The van der Waals surface area contributed by atoms with Gasteiger partial charge < -0.3 is 4.57 Å². The lowest BCUT2D eigenvalue weighted by molar-refractivity contribution is -0.122. The van der Waals surface area contributed by atoms with Crippen LogP contribution in [0.15, 0.2) is 94.4 Å². The number of fused-ring (bicyclic) bond motifs is 1. The highest BCUT2D eigenvalue weighted by molar-refractivity contribution is 9.10. The molecular formula is C27H21BrN2OS2. The molecule has 2 heterocycles. The standard InChI is InChI=1S/C27H21BrN2OS2/c28-22-11-12-24-23(16-22)21(18-29(24)17-20-9-5-2-6-10-20)15-25-26(31)30(27(32)33-25)14-13-19-7-3-1-4-8-19/h1-12,15-16,18H,13-14,17H2/b25-15-. The van der Waals surface area contributed by atoms with E-state index in [1.165, 1.54) is 22.9 Å². The molecule has 0 unspecified atom stereocenters. The molecule has 0 radical (unpaired) electrons. The third-order valence-corrected chi connectivity index (χ3v) is 7.57. The molecule has 0 atom stereocenters. The summed E-state index contributed by atoms with van der Waals surface area (Å²) in [7, 11) is 0. The van der Waals surface area contributed by atoms with Gasteiger partial charge in [0.05, 0.1) is 4.91 Å². The van der Waals surface area contributed by atoms with Gasteiger partial charge >= 0.3 is 0 Å². The fraction of sp³-hybridized carbons (Fsp3) is 0.111. The van der Waals surface area contributed by atoms with Crippen molar-refractivity contribution >= 4 is 67.1 Å². The highest BCUT2D eigenvalue weighted by Gasteiger charge is 2.31. The van der Waals surface area contributed by atoms with Crippen LogP contribution in [0.3, 0.4) is 0 Å². The molecule has 1 fully saturated rings. The maximum absolute atomic E-state index is 13.2. The van der Waals surface area contributed by atoms with Crippen molar-refractivity contribution in [2.75, 3.05) is 6.54 Å². The fourth-order valence-electron chi connectivity index (χ4n) is 4.04. The first-order chi connectivity index (χ1) is 16.1. The van der Waals surface area contributed by atoms with Crippen molar-refractivity contribution in [2.45, 2.75) is 13.0 Å². The summed E-state index contributed by atoms with van der Waals surface area (Å²) < 4.78 is 3.87. The Balaban J connectivity index is 1.44. The van der Waals surface area contributed by atoms with E-state index in [-0.39, 0.29) is 5.91 Å². The molecule has 0 N–H and O–H groups in total. The lowest BCUT2D eigenvalue weighted by atomic mass is 10.1. The van der Waals surface area contributed by atoms with E-state index in [4.69, 9.17) is 12.2 Å². The Morgan fingerprint density at radius 1 is 0.939 bits per heavy atom. The van der Waals surface area contributed by atoms with Crippen LogP contribution in [0.25, 0.3) is 17.0 Å². The normalized spacial score (nSPS) is 15.2. The summed E-state index contributed by atoms with van der Waals surface area (Å²) in [4.78, 5) is 15.6. The Hall–Kier alpha value is -2.67. The van der Waals surface area contributed by atoms with E-state index in [1.807, 2.05) is 30.3 Å². The van der Waals surface area contributed by atoms with Gasteiger partial charge in [0.15, 0.2) is 0 Å². The minimum atomic E-state index is -0.0140. The molecule has 33 heavy (non-hydrogen) atoms. The molecule has 1 saturated heterocycles. The van der Waals surface area contributed by atoms with E-state index in [1.54, 1.807) is 4.90 Å². The van der Waals surface area contributed by atoms with Gasteiger partial charge in [-0.05, 0) is 41.8 Å². The molecule has 164 valence electrons. The first-order valence-electron chi connectivity index (χ1n) is 10.7. The summed E-state index contributed by atoms with van der Waals surface area (Å²) in [6, 6.07) is 26.9. The Bertz CT molecular complexity index is 1360. The largest absolute Gasteiger partial charge is 0.342 e. The van der Waals surface area contributed by atoms with Gasteiger partial charge in [-0.3, -0.25) is 9.69 Å². The Morgan fingerprint density at radius 2 is 1.64 bits per heavy atom. The Labute approximate surface area is 211 Å². The summed E-state index contributed by atoms with van der Waals surface area (Å²) in [5, 5.41) is 1.11. The van der Waals surface area contributed by atoms with Gasteiger partial charge in [0.1, 0.15) is 4.32 Å². The fourth-order valence-corrected chi connectivity index (χ4v) is 5.70. The molecule has 1 aromatic heterocycles. The molecule has 0 spiro atoms. The van der Waals surface area contributed by atoms with Crippen molar-refractivity contribution in [2.24, 2.45) is 0 Å². The third-order valence-electron chi connectivity index (χ3n) is 5.70. The zero-order valence-electron chi connectivity index (χ0n) is 17.8. The predicted molar refractivity (Wildman–Crippen MR) is 145 cm³/mol. The summed E-state index contributed by atoms with van der Waals surface area (Å²) in [6.45, 7) is 1.36. The highest BCUT2D eigenvalue weighted by Crippen LogP contribution is 2.35. The van der Waals surface area contributed by atoms with Crippen LogP contribution in [-0.4, -0.2) is 26.2 Å². The maximum atomic E-state index is 13.2. The number of rotatable bonds is 6. The number of hydrogen-bond acceptors (Lipinski definition) is 3. The number of carbonyl (C=O) groups is 1. The van der Waals surface area contributed by atoms with Crippen LogP contribution in [0.1, 0.15) is 16.7 Å². The molecule has 3 nitrogen and oxygen atoms in total. The van der Waals surface area contributed by atoms with Gasteiger partial charge in [-0.1, -0.05) is 101 Å². The minimum Gasteiger partial charge on any atom is -0.342 e. The van der Waals surface area contributed by atoms with Gasteiger partial charge in [0.2, 0.25) is 0 Å². The number of hydrogen-bond donors (Lipinski definition) is 0. The van der Waals surface area contributed by atoms with E-state index < -0.39 is 0 Å². The van der Waals surface area contributed by atoms with Crippen molar-refractivity contribution in [1.29, 1.82) is 0 Å². The second-order valence-corrected chi connectivity index (χ2v) is 10.5. The van der Waals surface area contributed by atoms with Gasteiger partial charge in [0.25, 0.3) is 5.91 Å². The number of carbonyl (C=O) groups excluding carboxylic acids is 1. The highest BCUT2D eigenvalue weighted by atomic mass is 79.9. The number of thioether (sulfide) groups is 1. The first-order valence-corrected chi connectivity index (χ1v) is 12.7. The van der Waals surface area contributed by atoms with Crippen LogP contribution in [0, 0.1) is 0 Å². The monoisotopic (exact) mass is 532 g/mol. The Kier molecular flexibility index (Phi) is 6.49. The lowest BCUT2D eigenvalue weighted by Gasteiger charge is -2.14. The van der Waals surface area contributed by atoms with E-state index in [0.717, 1.165) is 33.9 Å². The number of amides is 1. The van der Waals surface area contributed by atoms with Crippen LogP contribution in [0.4, 0.5) is 0 Å². The van der Waals surface area contributed by atoms with Gasteiger partial charge in [-0.25, -0.2) is 0 Å². The molecule has 3 aromatic carbocycles. The first kappa shape index (κ1) is 22.1.